The molecule has 1 fully saturated rings. The van der Waals surface area contributed by atoms with Gasteiger partial charge in [-0.05, 0) is 44.1 Å². The van der Waals surface area contributed by atoms with Crippen LogP contribution in [0.5, 0.6) is 0 Å². The van der Waals surface area contributed by atoms with Crippen LogP contribution in [-0.4, -0.2) is 32.5 Å². The Hall–Kier alpha value is -0.0900. The fourth-order valence-electron chi connectivity index (χ4n) is 3.17. The van der Waals surface area contributed by atoms with Crippen LogP contribution in [0.1, 0.15) is 40.5 Å². The standard InChI is InChI=1S/C13H27NO2S/c1-5-7-14-11(4)13(10(2)3)12-6-8-17(15,16)9-12/h10-14H,5-9H2,1-4H3. The van der Waals surface area contributed by atoms with Gasteiger partial charge in [0.05, 0.1) is 11.5 Å². The number of hydrogen-bond acceptors (Lipinski definition) is 3. The lowest BCUT2D eigenvalue weighted by atomic mass is 9.78. The van der Waals surface area contributed by atoms with Crippen LogP contribution in [-0.2, 0) is 9.84 Å². The van der Waals surface area contributed by atoms with Crippen LogP contribution in [0.4, 0.5) is 0 Å². The average Bonchev–Trinajstić information content (AvgIpc) is 2.55. The smallest absolute Gasteiger partial charge is 0.150 e. The van der Waals surface area contributed by atoms with Crippen molar-refractivity contribution >= 4 is 9.84 Å². The van der Waals surface area contributed by atoms with Crippen molar-refractivity contribution in [1.82, 2.24) is 5.32 Å². The molecule has 1 aliphatic heterocycles. The Morgan fingerprint density at radius 3 is 2.35 bits per heavy atom. The van der Waals surface area contributed by atoms with Gasteiger partial charge in [-0.15, -0.1) is 0 Å². The molecule has 0 saturated carbocycles. The molecule has 1 N–H and O–H groups in total. The van der Waals surface area contributed by atoms with Crippen LogP contribution in [0, 0.1) is 17.8 Å². The van der Waals surface area contributed by atoms with Crippen LogP contribution in [0.3, 0.4) is 0 Å². The van der Waals surface area contributed by atoms with Gasteiger partial charge in [0, 0.05) is 6.04 Å². The summed E-state index contributed by atoms with van der Waals surface area (Å²) in [4.78, 5) is 0. The monoisotopic (exact) mass is 261 g/mol. The summed E-state index contributed by atoms with van der Waals surface area (Å²) in [5.41, 5.74) is 0. The lowest BCUT2D eigenvalue weighted by Crippen LogP contribution is -2.41. The topological polar surface area (TPSA) is 46.2 Å². The molecule has 3 unspecified atom stereocenters. The fraction of sp³-hybridized carbons (Fsp3) is 1.00. The predicted molar refractivity (Wildman–Crippen MR) is 72.8 cm³/mol. The van der Waals surface area contributed by atoms with Crippen molar-refractivity contribution in [3.8, 4) is 0 Å². The van der Waals surface area contributed by atoms with E-state index < -0.39 is 9.84 Å². The quantitative estimate of drug-likeness (QED) is 0.796. The number of hydrogen-bond donors (Lipinski definition) is 1. The molecular weight excluding hydrogens is 234 g/mol. The van der Waals surface area contributed by atoms with Crippen molar-refractivity contribution in [2.45, 2.75) is 46.6 Å². The van der Waals surface area contributed by atoms with Gasteiger partial charge in [0.15, 0.2) is 9.84 Å². The second kappa shape index (κ2) is 6.19. The molecule has 0 aliphatic carbocycles. The number of rotatable bonds is 6. The molecular formula is C13H27NO2S. The van der Waals surface area contributed by atoms with E-state index >= 15 is 0 Å². The zero-order valence-corrected chi connectivity index (χ0v) is 12.4. The summed E-state index contributed by atoms with van der Waals surface area (Å²) in [6.45, 7) is 9.79. The van der Waals surface area contributed by atoms with Crippen molar-refractivity contribution in [2.75, 3.05) is 18.1 Å². The predicted octanol–water partition coefficient (Wildman–Crippen LogP) is 2.08. The first kappa shape index (κ1) is 15.0. The number of nitrogens with one attached hydrogen (secondary N) is 1. The maximum absolute atomic E-state index is 11.6. The van der Waals surface area contributed by atoms with Gasteiger partial charge in [-0.3, -0.25) is 0 Å². The second-order valence-electron chi connectivity index (χ2n) is 5.73. The molecule has 1 rings (SSSR count). The normalized spacial score (nSPS) is 27.2. The van der Waals surface area contributed by atoms with E-state index in [2.05, 4.69) is 33.0 Å². The van der Waals surface area contributed by atoms with Crippen molar-refractivity contribution in [3.63, 3.8) is 0 Å². The Morgan fingerprint density at radius 2 is 1.94 bits per heavy atom. The molecule has 17 heavy (non-hydrogen) atoms. The van der Waals surface area contributed by atoms with E-state index in [1.54, 1.807) is 0 Å². The van der Waals surface area contributed by atoms with E-state index in [0.29, 0.717) is 35.3 Å². The fourth-order valence-corrected chi connectivity index (χ4v) is 5.04. The summed E-state index contributed by atoms with van der Waals surface area (Å²) in [5, 5.41) is 3.52. The minimum absolute atomic E-state index is 0.347. The molecule has 0 amide bonds. The van der Waals surface area contributed by atoms with Gasteiger partial charge in [0.1, 0.15) is 0 Å². The summed E-state index contributed by atoms with van der Waals surface area (Å²) in [6.07, 6.45) is 1.97. The lowest BCUT2D eigenvalue weighted by Gasteiger charge is -2.32. The maximum atomic E-state index is 11.6. The first-order valence-corrected chi connectivity index (χ1v) is 8.63. The van der Waals surface area contributed by atoms with Crippen molar-refractivity contribution in [1.29, 1.82) is 0 Å². The van der Waals surface area contributed by atoms with Crippen molar-refractivity contribution < 1.29 is 8.42 Å². The summed E-state index contributed by atoms with van der Waals surface area (Å²) in [5.74, 6) is 2.14. The zero-order valence-electron chi connectivity index (χ0n) is 11.6. The summed E-state index contributed by atoms with van der Waals surface area (Å²) in [6, 6.07) is 0.410. The molecule has 0 bridgehead atoms. The van der Waals surface area contributed by atoms with Crippen molar-refractivity contribution in [2.24, 2.45) is 17.8 Å². The minimum atomic E-state index is -2.76. The highest BCUT2D eigenvalue weighted by molar-refractivity contribution is 7.91. The van der Waals surface area contributed by atoms with Crippen LogP contribution >= 0.6 is 0 Å². The SMILES string of the molecule is CCCNC(C)C(C(C)C)C1CCS(=O)(=O)C1. The highest BCUT2D eigenvalue weighted by Crippen LogP contribution is 2.33. The molecule has 3 atom stereocenters. The van der Waals surface area contributed by atoms with Crippen LogP contribution in [0.2, 0.25) is 0 Å². The first-order valence-electron chi connectivity index (χ1n) is 6.81. The van der Waals surface area contributed by atoms with Gasteiger partial charge in [-0.2, -0.15) is 0 Å². The first-order chi connectivity index (χ1) is 7.87. The van der Waals surface area contributed by atoms with Gasteiger partial charge >= 0.3 is 0 Å². The molecule has 102 valence electrons. The summed E-state index contributed by atoms with van der Waals surface area (Å²) in [7, 11) is -2.76. The molecule has 0 aromatic heterocycles. The van der Waals surface area contributed by atoms with E-state index in [-0.39, 0.29) is 0 Å². The van der Waals surface area contributed by atoms with E-state index in [4.69, 9.17) is 0 Å². The van der Waals surface area contributed by atoms with Crippen LogP contribution in [0.25, 0.3) is 0 Å². The largest absolute Gasteiger partial charge is 0.314 e. The summed E-state index contributed by atoms with van der Waals surface area (Å²) >= 11 is 0. The van der Waals surface area contributed by atoms with Gasteiger partial charge in [0.2, 0.25) is 0 Å². The second-order valence-corrected chi connectivity index (χ2v) is 7.96. The molecule has 3 nitrogen and oxygen atoms in total. The van der Waals surface area contributed by atoms with Crippen molar-refractivity contribution in [3.05, 3.63) is 0 Å². The van der Waals surface area contributed by atoms with Crippen LogP contribution < -0.4 is 5.32 Å². The molecule has 1 saturated heterocycles. The van der Waals surface area contributed by atoms with E-state index in [1.807, 2.05) is 0 Å². The van der Waals surface area contributed by atoms with E-state index in [9.17, 15) is 8.42 Å². The van der Waals surface area contributed by atoms with E-state index in [0.717, 1.165) is 19.4 Å². The lowest BCUT2D eigenvalue weighted by molar-refractivity contribution is 0.211. The molecule has 0 radical (unpaired) electrons. The third-order valence-corrected chi connectivity index (χ3v) is 5.67. The molecule has 1 heterocycles. The van der Waals surface area contributed by atoms with Gasteiger partial charge in [0.25, 0.3) is 0 Å². The molecule has 0 spiro atoms. The molecule has 0 aromatic rings. The third kappa shape index (κ3) is 4.25. The van der Waals surface area contributed by atoms with E-state index in [1.165, 1.54) is 0 Å². The third-order valence-electron chi connectivity index (χ3n) is 3.88. The Kier molecular flexibility index (Phi) is 5.45. The number of sulfone groups is 1. The minimum Gasteiger partial charge on any atom is -0.314 e. The Bertz CT molecular complexity index is 324. The average molecular weight is 261 g/mol. The maximum Gasteiger partial charge on any atom is 0.150 e. The molecule has 4 heteroatoms. The Balaban J connectivity index is 2.66. The van der Waals surface area contributed by atoms with Gasteiger partial charge in [-0.1, -0.05) is 20.8 Å². The Labute approximate surface area is 106 Å². The zero-order chi connectivity index (χ0) is 13.1. The highest BCUT2D eigenvalue weighted by Gasteiger charge is 2.37. The van der Waals surface area contributed by atoms with Crippen LogP contribution in [0.15, 0.2) is 0 Å². The Morgan fingerprint density at radius 1 is 1.29 bits per heavy atom. The highest BCUT2D eigenvalue weighted by atomic mass is 32.2. The molecule has 1 aliphatic rings. The summed E-state index contributed by atoms with van der Waals surface area (Å²) < 4.78 is 23.2. The van der Waals surface area contributed by atoms with Gasteiger partial charge in [-0.25, -0.2) is 8.42 Å². The van der Waals surface area contributed by atoms with Gasteiger partial charge < -0.3 is 5.32 Å². The molecule has 0 aromatic carbocycles.